The number of hydrogen-bond donors (Lipinski definition) is 2. The van der Waals surface area contributed by atoms with Crippen molar-refractivity contribution in [1.82, 2.24) is 4.98 Å². The standard InChI is InChI=1S/C13H15N3OS/c14-11-9-15-7-6-12(11)16-13(17)5-1-3-10-4-2-8-18-10/h2,4,6-9H,1,3,5,14H2,(H,15,16,17). The summed E-state index contributed by atoms with van der Waals surface area (Å²) in [6, 6.07) is 5.81. The third-order valence-electron chi connectivity index (χ3n) is 2.53. The Bertz CT molecular complexity index is 511. The molecule has 18 heavy (non-hydrogen) atoms. The number of rotatable bonds is 5. The lowest BCUT2D eigenvalue weighted by molar-refractivity contribution is -0.116. The van der Waals surface area contributed by atoms with E-state index in [-0.39, 0.29) is 5.91 Å². The lowest BCUT2D eigenvalue weighted by atomic mass is 10.2. The molecule has 0 fully saturated rings. The number of hydrogen-bond acceptors (Lipinski definition) is 4. The molecule has 0 saturated carbocycles. The van der Waals surface area contributed by atoms with Crippen LogP contribution in [0.5, 0.6) is 0 Å². The molecule has 2 aromatic rings. The second-order valence-electron chi connectivity index (χ2n) is 3.94. The van der Waals surface area contributed by atoms with Gasteiger partial charge in [0.05, 0.1) is 17.6 Å². The van der Waals surface area contributed by atoms with Crippen molar-refractivity contribution >= 4 is 28.6 Å². The second-order valence-corrected chi connectivity index (χ2v) is 4.98. The molecule has 0 bridgehead atoms. The van der Waals surface area contributed by atoms with E-state index in [0.717, 1.165) is 12.8 Å². The summed E-state index contributed by atoms with van der Waals surface area (Å²) in [6.45, 7) is 0. The van der Waals surface area contributed by atoms with E-state index in [0.29, 0.717) is 17.8 Å². The molecule has 0 aliphatic carbocycles. The van der Waals surface area contributed by atoms with Crippen LogP contribution in [-0.4, -0.2) is 10.9 Å². The minimum absolute atomic E-state index is 0.00976. The Balaban J connectivity index is 1.77. The largest absolute Gasteiger partial charge is 0.396 e. The first kappa shape index (κ1) is 12.6. The van der Waals surface area contributed by atoms with Crippen LogP contribution in [0.15, 0.2) is 36.0 Å². The first-order valence-corrected chi connectivity index (χ1v) is 6.65. The van der Waals surface area contributed by atoms with E-state index in [1.165, 1.54) is 11.1 Å². The van der Waals surface area contributed by atoms with Gasteiger partial charge in [-0.3, -0.25) is 9.78 Å². The smallest absolute Gasteiger partial charge is 0.224 e. The Morgan fingerprint density at radius 2 is 2.33 bits per heavy atom. The van der Waals surface area contributed by atoms with Gasteiger partial charge in [0, 0.05) is 17.5 Å². The first-order chi connectivity index (χ1) is 8.75. The van der Waals surface area contributed by atoms with E-state index in [1.807, 2.05) is 11.4 Å². The summed E-state index contributed by atoms with van der Waals surface area (Å²) in [5, 5.41) is 4.84. The zero-order valence-electron chi connectivity index (χ0n) is 9.93. The molecule has 0 spiro atoms. The average molecular weight is 261 g/mol. The van der Waals surface area contributed by atoms with Gasteiger partial charge in [0.25, 0.3) is 0 Å². The molecule has 0 aromatic carbocycles. The number of amides is 1. The van der Waals surface area contributed by atoms with Crippen LogP contribution < -0.4 is 11.1 Å². The molecule has 0 saturated heterocycles. The number of nitrogens with one attached hydrogen (secondary N) is 1. The number of nitrogens with zero attached hydrogens (tertiary/aromatic N) is 1. The van der Waals surface area contributed by atoms with Gasteiger partial charge >= 0.3 is 0 Å². The lowest BCUT2D eigenvalue weighted by Gasteiger charge is -2.06. The summed E-state index contributed by atoms with van der Waals surface area (Å²) in [5.41, 5.74) is 6.82. The average Bonchev–Trinajstić information content (AvgIpc) is 2.85. The van der Waals surface area contributed by atoms with Crippen molar-refractivity contribution in [2.75, 3.05) is 11.1 Å². The van der Waals surface area contributed by atoms with Gasteiger partial charge in [0.1, 0.15) is 0 Å². The van der Waals surface area contributed by atoms with Gasteiger partial charge in [0.15, 0.2) is 0 Å². The minimum Gasteiger partial charge on any atom is -0.396 e. The molecule has 2 aromatic heterocycles. The monoisotopic (exact) mass is 261 g/mol. The highest BCUT2D eigenvalue weighted by atomic mass is 32.1. The van der Waals surface area contributed by atoms with Gasteiger partial charge in [-0.2, -0.15) is 0 Å². The fourth-order valence-corrected chi connectivity index (χ4v) is 2.36. The summed E-state index contributed by atoms with van der Waals surface area (Å²) in [5.74, 6) is -0.00976. The number of carbonyl (C=O) groups is 1. The molecule has 94 valence electrons. The van der Waals surface area contributed by atoms with Gasteiger partial charge < -0.3 is 11.1 Å². The van der Waals surface area contributed by atoms with Crippen LogP contribution in [-0.2, 0) is 11.2 Å². The molecule has 2 rings (SSSR count). The van der Waals surface area contributed by atoms with Crippen LogP contribution in [0.1, 0.15) is 17.7 Å². The molecule has 4 nitrogen and oxygen atoms in total. The fourth-order valence-electron chi connectivity index (χ4n) is 1.61. The zero-order valence-corrected chi connectivity index (χ0v) is 10.7. The van der Waals surface area contributed by atoms with E-state index in [4.69, 9.17) is 5.73 Å². The van der Waals surface area contributed by atoms with Gasteiger partial charge in [-0.05, 0) is 30.4 Å². The molecular formula is C13H15N3OS. The molecule has 1 amide bonds. The molecule has 0 radical (unpaired) electrons. The van der Waals surface area contributed by atoms with Crippen molar-refractivity contribution in [3.05, 3.63) is 40.8 Å². The Morgan fingerprint density at radius 3 is 3.06 bits per heavy atom. The topological polar surface area (TPSA) is 68.0 Å². The van der Waals surface area contributed by atoms with Crippen molar-refractivity contribution in [2.24, 2.45) is 0 Å². The molecule has 2 heterocycles. The maximum absolute atomic E-state index is 11.7. The molecule has 3 N–H and O–H groups in total. The van der Waals surface area contributed by atoms with Crippen molar-refractivity contribution < 1.29 is 4.79 Å². The molecule has 0 aliphatic rings. The number of nitrogen functional groups attached to an aromatic ring is 1. The summed E-state index contributed by atoms with van der Waals surface area (Å²) in [7, 11) is 0. The molecule has 0 atom stereocenters. The van der Waals surface area contributed by atoms with Crippen molar-refractivity contribution in [3.63, 3.8) is 0 Å². The number of aryl methyl sites for hydroxylation is 1. The van der Waals surface area contributed by atoms with Crippen LogP contribution >= 0.6 is 11.3 Å². The molecule has 0 aliphatic heterocycles. The van der Waals surface area contributed by atoms with E-state index in [9.17, 15) is 4.79 Å². The van der Waals surface area contributed by atoms with Crippen LogP contribution in [0.4, 0.5) is 11.4 Å². The lowest BCUT2D eigenvalue weighted by Crippen LogP contribution is -2.12. The Morgan fingerprint density at radius 1 is 1.44 bits per heavy atom. The number of pyridine rings is 1. The van der Waals surface area contributed by atoms with Gasteiger partial charge in [-0.15, -0.1) is 11.3 Å². The first-order valence-electron chi connectivity index (χ1n) is 5.77. The van der Waals surface area contributed by atoms with E-state index in [1.54, 1.807) is 23.6 Å². The highest BCUT2D eigenvalue weighted by molar-refractivity contribution is 7.09. The number of thiophene rings is 1. The van der Waals surface area contributed by atoms with Crippen LogP contribution in [0, 0.1) is 0 Å². The van der Waals surface area contributed by atoms with Crippen LogP contribution in [0.2, 0.25) is 0 Å². The highest BCUT2D eigenvalue weighted by Gasteiger charge is 2.05. The van der Waals surface area contributed by atoms with Gasteiger partial charge in [-0.1, -0.05) is 6.07 Å². The van der Waals surface area contributed by atoms with E-state index < -0.39 is 0 Å². The third kappa shape index (κ3) is 3.56. The number of aromatic nitrogens is 1. The van der Waals surface area contributed by atoms with Crippen molar-refractivity contribution in [1.29, 1.82) is 0 Å². The number of nitrogens with two attached hydrogens (primary N) is 1. The predicted octanol–water partition coefficient (Wildman–Crippen LogP) is 2.69. The molecule has 0 unspecified atom stereocenters. The summed E-state index contributed by atoms with van der Waals surface area (Å²) < 4.78 is 0. The third-order valence-corrected chi connectivity index (χ3v) is 3.47. The Hall–Kier alpha value is -1.88. The quantitative estimate of drug-likeness (QED) is 0.869. The summed E-state index contributed by atoms with van der Waals surface area (Å²) in [6.07, 6.45) is 5.42. The Kier molecular flexibility index (Phi) is 4.30. The maximum atomic E-state index is 11.7. The second kappa shape index (κ2) is 6.16. The van der Waals surface area contributed by atoms with Crippen molar-refractivity contribution in [3.8, 4) is 0 Å². The van der Waals surface area contributed by atoms with Gasteiger partial charge in [-0.25, -0.2) is 0 Å². The highest BCUT2D eigenvalue weighted by Crippen LogP contribution is 2.16. The van der Waals surface area contributed by atoms with Crippen LogP contribution in [0.25, 0.3) is 0 Å². The Labute approximate surface area is 110 Å². The van der Waals surface area contributed by atoms with Crippen molar-refractivity contribution in [2.45, 2.75) is 19.3 Å². The molecule has 5 heteroatoms. The fraction of sp³-hybridized carbons (Fsp3) is 0.231. The summed E-state index contributed by atoms with van der Waals surface area (Å²) in [4.78, 5) is 16.9. The van der Waals surface area contributed by atoms with Gasteiger partial charge in [0.2, 0.25) is 5.91 Å². The SMILES string of the molecule is Nc1cnccc1NC(=O)CCCc1cccs1. The number of anilines is 2. The normalized spacial score (nSPS) is 10.2. The van der Waals surface area contributed by atoms with E-state index >= 15 is 0 Å². The molecular weight excluding hydrogens is 246 g/mol. The van der Waals surface area contributed by atoms with E-state index in [2.05, 4.69) is 16.4 Å². The predicted molar refractivity (Wildman–Crippen MR) is 74.5 cm³/mol. The van der Waals surface area contributed by atoms with Crippen LogP contribution in [0.3, 0.4) is 0 Å². The minimum atomic E-state index is -0.00976. The summed E-state index contributed by atoms with van der Waals surface area (Å²) >= 11 is 1.72. The zero-order chi connectivity index (χ0) is 12.8. The maximum Gasteiger partial charge on any atom is 0.224 e. The number of carbonyl (C=O) groups excluding carboxylic acids is 1.